The first-order valence-corrected chi connectivity index (χ1v) is 3.67. The summed E-state index contributed by atoms with van der Waals surface area (Å²) in [6, 6.07) is 0. The number of rotatable bonds is 0. The molecule has 0 spiro atoms. The lowest BCUT2D eigenvalue weighted by molar-refractivity contribution is 0.130. The van der Waals surface area contributed by atoms with E-state index in [4.69, 9.17) is 0 Å². The van der Waals surface area contributed by atoms with Gasteiger partial charge in [-0.15, -0.1) is 0 Å². The predicted molar refractivity (Wildman–Crippen MR) is 33.7 cm³/mol. The molecule has 0 bridgehead atoms. The summed E-state index contributed by atoms with van der Waals surface area (Å²) in [4.78, 5) is 0. The Labute approximate surface area is 50.5 Å². The van der Waals surface area contributed by atoms with E-state index in [2.05, 4.69) is 5.32 Å². The predicted octanol–water partition coefficient (Wildman–Crippen LogP) is 1.01. The Bertz CT molecular complexity index is 78.4. The molecule has 0 aromatic heterocycles. The van der Waals surface area contributed by atoms with E-state index in [9.17, 15) is 0 Å². The zero-order chi connectivity index (χ0) is 5.40. The topological polar surface area (TPSA) is 12.0 Å². The maximum atomic E-state index is 3.42. The van der Waals surface area contributed by atoms with E-state index in [1.807, 2.05) is 0 Å². The van der Waals surface area contributed by atoms with Crippen molar-refractivity contribution >= 4 is 0 Å². The molecule has 1 aliphatic heterocycles. The van der Waals surface area contributed by atoms with Crippen LogP contribution in [0.5, 0.6) is 0 Å². The van der Waals surface area contributed by atoms with Gasteiger partial charge in [0.2, 0.25) is 0 Å². The standard InChI is InChI=1S/C7H13N/c1-2-7-5-8-4-3-6(1)7/h6-8H,1-5H2/t6-,7+/m1/s1. The molecule has 8 heavy (non-hydrogen) atoms. The van der Waals surface area contributed by atoms with Crippen molar-refractivity contribution in [3.05, 3.63) is 0 Å². The highest BCUT2D eigenvalue weighted by Gasteiger charge is 2.31. The first-order chi connectivity index (χ1) is 3.97. The lowest BCUT2D eigenvalue weighted by Crippen LogP contribution is -2.42. The summed E-state index contributed by atoms with van der Waals surface area (Å²) in [6.07, 6.45) is 4.47. The summed E-state index contributed by atoms with van der Waals surface area (Å²) in [7, 11) is 0. The molecule has 1 heteroatoms. The highest BCUT2D eigenvalue weighted by atomic mass is 14.9. The van der Waals surface area contributed by atoms with Crippen molar-refractivity contribution in [1.29, 1.82) is 0 Å². The summed E-state index contributed by atoms with van der Waals surface area (Å²) in [5, 5.41) is 3.42. The molecule has 0 unspecified atom stereocenters. The van der Waals surface area contributed by atoms with Crippen LogP contribution >= 0.6 is 0 Å². The molecule has 1 nitrogen and oxygen atoms in total. The first kappa shape index (κ1) is 4.80. The van der Waals surface area contributed by atoms with Gasteiger partial charge in [-0.25, -0.2) is 0 Å². The summed E-state index contributed by atoms with van der Waals surface area (Å²) in [5.74, 6) is 2.19. The molecular weight excluding hydrogens is 98.1 g/mol. The molecule has 1 saturated heterocycles. The highest BCUT2D eigenvalue weighted by Crippen LogP contribution is 2.37. The number of piperidine rings is 1. The Morgan fingerprint density at radius 3 is 2.25 bits per heavy atom. The summed E-state index contributed by atoms with van der Waals surface area (Å²) in [5.41, 5.74) is 0. The Kier molecular flexibility index (Phi) is 1.04. The van der Waals surface area contributed by atoms with Crippen molar-refractivity contribution in [1.82, 2.24) is 5.32 Å². The van der Waals surface area contributed by atoms with Crippen molar-refractivity contribution in [2.45, 2.75) is 19.3 Å². The van der Waals surface area contributed by atoms with Gasteiger partial charge in [0.15, 0.2) is 0 Å². The van der Waals surface area contributed by atoms with Gasteiger partial charge in [0, 0.05) is 0 Å². The van der Waals surface area contributed by atoms with Crippen LogP contribution in [0.15, 0.2) is 0 Å². The minimum absolute atomic E-state index is 1.07. The third kappa shape index (κ3) is 0.576. The van der Waals surface area contributed by atoms with Crippen molar-refractivity contribution in [2.24, 2.45) is 11.8 Å². The van der Waals surface area contributed by atoms with Crippen LogP contribution in [0.3, 0.4) is 0 Å². The van der Waals surface area contributed by atoms with E-state index in [0.29, 0.717) is 0 Å². The molecular formula is C7H13N. The van der Waals surface area contributed by atoms with Gasteiger partial charge < -0.3 is 5.32 Å². The number of fused-ring (bicyclic) bond motifs is 1. The number of hydrogen-bond donors (Lipinski definition) is 1. The van der Waals surface area contributed by atoms with E-state index in [-0.39, 0.29) is 0 Å². The largest absolute Gasteiger partial charge is 0.316 e. The van der Waals surface area contributed by atoms with Crippen molar-refractivity contribution in [3.8, 4) is 0 Å². The van der Waals surface area contributed by atoms with Crippen LogP contribution in [0, 0.1) is 11.8 Å². The first-order valence-electron chi connectivity index (χ1n) is 3.67. The minimum Gasteiger partial charge on any atom is -0.316 e. The van der Waals surface area contributed by atoms with Gasteiger partial charge in [0.05, 0.1) is 0 Å². The summed E-state index contributed by atoms with van der Waals surface area (Å²) >= 11 is 0. The second kappa shape index (κ2) is 1.73. The zero-order valence-corrected chi connectivity index (χ0v) is 5.19. The third-order valence-electron chi connectivity index (χ3n) is 2.67. The molecule has 1 N–H and O–H groups in total. The van der Waals surface area contributed by atoms with E-state index in [1.54, 1.807) is 0 Å². The average molecular weight is 111 g/mol. The Balaban J connectivity index is 1.92. The fraction of sp³-hybridized carbons (Fsp3) is 1.00. The fourth-order valence-corrected chi connectivity index (χ4v) is 1.86. The van der Waals surface area contributed by atoms with E-state index in [0.717, 1.165) is 11.8 Å². The van der Waals surface area contributed by atoms with Gasteiger partial charge in [-0.1, -0.05) is 0 Å². The fourth-order valence-electron chi connectivity index (χ4n) is 1.86. The monoisotopic (exact) mass is 111 g/mol. The Morgan fingerprint density at radius 2 is 1.88 bits per heavy atom. The molecule has 1 aliphatic carbocycles. The Morgan fingerprint density at radius 1 is 1.00 bits per heavy atom. The molecule has 2 aliphatic rings. The Hall–Kier alpha value is -0.0400. The molecule has 0 aromatic rings. The van der Waals surface area contributed by atoms with E-state index in [1.165, 1.54) is 32.4 Å². The maximum Gasteiger partial charge on any atom is -0.00179 e. The van der Waals surface area contributed by atoms with Crippen LogP contribution in [0.1, 0.15) is 19.3 Å². The summed E-state index contributed by atoms with van der Waals surface area (Å²) < 4.78 is 0. The van der Waals surface area contributed by atoms with Crippen LogP contribution in [0.25, 0.3) is 0 Å². The van der Waals surface area contributed by atoms with E-state index >= 15 is 0 Å². The molecule has 2 atom stereocenters. The van der Waals surface area contributed by atoms with Gasteiger partial charge in [0.1, 0.15) is 0 Å². The average Bonchev–Trinajstić information content (AvgIpc) is 1.72. The van der Waals surface area contributed by atoms with Crippen LogP contribution in [0.4, 0.5) is 0 Å². The second-order valence-electron chi connectivity index (χ2n) is 3.09. The van der Waals surface area contributed by atoms with Gasteiger partial charge in [-0.2, -0.15) is 0 Å². The van der Waals surface area contributed by atoms with Crippen molar-refractivity contribution in [3.63, 3.8) is 0 Å². The molecule has 2 fully saturated rings. The van der Waals surface area contributed by atoms with Crippen molar-refractivity contribution < 1.29 is 0 Å². The molecule has 2 rings (SSSR count). The van der Waals surface area contributed by atoms with Gasteiger partial charge >= 0.3 is 0 Å². The highest BCUT2D eigenvalue weighted by molar-refractivity contribution is 4.85. The lowest BCUT2D eigenvalue weighted by Gasteiger charge is -2.40. The molecule has 0 radical (unpaired) electrons. The van der Waals surface area contributed by atoms with E-state index < -0.39 is 0 Å². The van der Waals surface area contributed by atoms with Crippen LogP contribution in [-0.4, -0.2) is 13.1 Å². The smallest absolute Gasteiger partial charge is 0.00179 e. The molecule has 46 valence electrons. The zero-order valence-electron chi connectivity index (χ0n) is 5.19. The molecule has 0 aromatic carbocycles. The minimum atomic E-state index is 1.07. The summed E-state index contributed by atoms with van der Waals surface area (Å²) in [6.45, 7) is 2.59. The van der Waals surface area contributed by atoms with Gasteiger partial charge in [-0.3, -0.25) is 0 Å². The molecule has 0 amide bonds. The van der Waals surface area contributed by atoms with Crippen LogP contribution in [-0.2, 0) is 0 Å². The number of nitrogens with one attached hydrogen (secondary N) is 1. The quantitative estimate of drug-likeness (QED) is 0.492. The molecule has 1 saturated carbocycles. The normalized spacial score (nSPS) is 45.0. The van der Waals surface area contributed by atoms with Crippen molar-refractivity contribution in [2.75, 3.05) is 13.1 Å². The maximum absolute atomic E-state index is 3.42. The second-order valence-corrected chi connectivity index (χ2v) is 3.09. The third-order valence-corrected chi connectivity index (χ3v) is 2.67. The van der Waals surface area contributed by atoms with Gasteiger partial charge in [0.25, 0.3) is 0 Å². The van der Waals surface area contributed by atoms with Crippen LogP contribution < -0.4 is 5.32 Å². The SMILES string of the molecule is C1C[C@H]2CC[C@H]2CN1. The molecule has 1 heterocycles. The van der Waals surface area contributed by atoms with Gasteiger partial charge in [-0.05, 0) is 44.2 Å². The van der Waals surface area contributed by atoms with Crippen LogP contribution in [0.2, 0.25) is 0 Å². The lowest BCUT2D eigenvalue weighted by atomic mass is 9.70. The number of hydrogen-bond acceptors (Lipinski definition) is 1.